The van der Waals surface area contributed by atoms with Crippen molar-refractivity contribution in [2.24, 2.45) is 0 Å². The molecule has 0 saturated carbocycles. The van der Waals surface area contributed by atoms with Crippen LogP contribution in [0, 0.1) is 5.82 Å². The van der Waals surface area contributed by atoms with E-state index in [0.717, 1.165) is 36.4 Å². The number of hydrogen-bond acceptors (Lipinski definition) is 3. The Bertz CT molecular complexity index is 1120. The second-order valence-corrected chi connectivity index (χ2v) is 6.39. The highest BCUT2D eigenvalue weighted by atomic mass is 19.4. The van der Waals surface area contributed by atoms with E-state index in [0.29, 0.717) is 0 Å². The second-order valence-electron chi connectivity index (χ2n) is 6.39. The summed E-state index contributed by atoms with van der Waals surface area (Å²) in [5.74, 6) is -1.30. The summed E-state index contributed by atoms with van der Waals surface area (Å²) in [6, 6.07) is 9.91. The normalized spacial score (nSPS) is 11.4. The maximum atomic E-state index is 13.2. The molecule has 30 heavy (non-hydrogen) atoms. The van der Waals surface area contributed by atoms with Gasteiger partial charge in [0, 0.05) is 30.1 Å². The fraction of sp³-hybridized carbons (Fsp3) is 0.143. The molecule has 1 amide bonds. The van der Waals surface area contributed by atoms with Crippen molar-refractivity contribution in [3.63, 3.8) is 0 Å². The zero-order valence-corrected chi connectivity index (χ0v) is 15.4. The lowest BCUT2D eigenvalue weighted by Gasteiger charge is -2.14. The number of nitrogens with zero attached hydrogens (tertiary/aromatic N) is 1. The van der Waals surface area contributed by atoms with Crippen LogP contribution in [-0.2, 0) is 12.7 Å². The standard InChI is InChI=1S/C21H16F4N2O3/c22-15-4-1-13(2-5-15)18-11-14(21(23,24)25)3-6-17(18)20(30)26-16-7-8-27(9-10-28)19(29)12-16/h1-8,11-12,28H,9-10H2,(H,26,30). The quantitative estimate of drug-likeness (QED) is 0.615. The molecule has 156 valence electrons. The predicted molar refractivity (Wildman–Crippen MR) is 103 cm³/mol. The van der Waals surface area contributed by atoms with Gasteiger partial charge < -0.3 is 15.0 Å². The highest BCUT2D eigenvalue weighted by Gasteiger charge is 2.31. The lowest BCUT2D eigenvalue weighted by atomic mass is 9.96. The number of aliphatic hydroxyl groups excluding tert-OH is 1. The summed E-state index contributed by atoms with van der Waals surface area (Å²) in [5, 5.41) is 11.4. The number of aromatic nitrogens is 1. The third kappa shape index (κ3) is 4.74. The number of pyridine rings is 1. The molecule has 0 aliphatic rings. The molecule has 0 bridgehead atoms. The summed E-state index contributed by atoms with van der Waals surface area (Å²) in [6.45, 7) is -0.154. The van der Waals surface area contributed by atoms with E-state index in [1.807, 2.05) is 0 Å². The molecule has 2 N–H and O–H groups in total. The van der Waals surface area contributed by atoms with E-state index in [9.17, 15) is 27.2 Å². The van der Waals surface area contributed by atoms with Crippen LogP contribution in [0.25, 0.3) is 11.1 Å². The van der Waals surface area contributed by atoms with Crippen LogP contribution in [0.15, 0.2) is 65.6 Å². The van der Waals surface area contributed by atoms with E-state index >= 15 is 0 Å². The minimum absolute atomic E-state index is 0.0315. The van der Waals surface area contributed by atoms with Crippen LogP contribution in [0.4, 0.5) is 23.2 Å². The SMILES string of the molecule is O=C(Nc1ccn(CCO)c(=O)c1)c1ccc(C(F)(F)F)cc1-c1ccc(F)cc1. The van der Waals surface area contributed by atoms with Crippen molar-refractivity contribution in [2.45, 2.75) is 12.7 Å². The molecule has 1 heterocycles. The zero-order chi connectivity index (χ0) is 21.9. The van der Waals surface area contributed by atoms with E-state index in [1.54, 1.807) is 0 Å². The van der Waals surface area contributed by atoms with Gasteiger partial charge in [-0.3, -0.25) is 9.59 Å². The molecule has 0 aliphatic carbocycles. The van der Waals surface area contributed by atoms with Crippen molar-refractivity contribution >= 4 is 11.6 Å². The molecule has 0 radical (unpaired) electrons. The summed E-state index contributed by atoms with van der Waals surface area (Å²) in [6.07, 6.45) is -3.25. The van der Waals surface area contributed by atoms with Crippen LogP contribution in [0.2, 0.25) is 0 Å². The van der Waals surface area contributed by atoms with Gasteiger partial charge in [-0.25, -0.2) is 4.39 Å². The number of amides is 1. The Hall–Kier alpha value is -3.46. The number of anilines is 1. The minimum Gasteiger partial charge on any atom is -0.395 e. The van der Waals surface area contributed by atoms with Gasteiger partial charge >= 0.3 is 6.18 Å². The van der Waals surface area contributed by atoms with Crippen LogP contribution in [0.3, 0.4) is 0 Å². The van der Waals surface area contributed by atoms with Crippen LogP contribution < -0.4 is 10.9 Å². The average Bonchev–Trinajstić information content (AvgIpc) is 2.69. The monoisotopic (exact) mass is 420 g/mol. The zero-order valence-electron chi connectivity index (χ0n) is 15.4. The first-order chi connectivity index (χ1) is 14.2. The molecule has 1 aromatic heterocycles. The number of hydrogen-bond donors (Lipinski definition) is 2. The Labute approximate surface area is 168 Å². The molecule has 0 aliphatic heterocycles. The first kappa shape index (κ1) is 21.3. The van der Waals surface area contributed by atoms with Crippen LogP contribution in [0.1, 0.15) is 15.9 Å². The van der Waals surface area contributed by atoms with Crippen molar-refractivity contribution < 1.29 is 27.5 Å². The number of rotatable bonds is 5. The average molecular weight is 420 g/mol. The first-order valence-electron chi connectivity index (χ1n) is 8.79. The van der Waals surface area contributed by atoms with E-state index in [1.165, 1.54) is 29.0 Å². The van der Waals surface area contributed by atoms with Crippen LogP contribution in [0.5, 0.6) is 0 Å². The van der Waals surface area contributed by atoms with Gasteiger partial charge in [-0.1, -0.05) is 12.1 Å². The molecule has 0 unspecified atom stereocenters. The Balaban J connectivity index is 2.00. The van der Waals surface area contributed by atoms with Crippen LogP contribution in [-0.4, -0.2) is 22.2 Å². The third-order valence-corrected chi connectivity index (χ3v) is 4.34. The molecule has 9 heteroatoms. The molecule has 0 fully saturated rings. The summed E-state index contributed by atoms with van der Waals surface area (Å²) in [5.41, 5.74) is -1.15. The van der Waals surface area contributed by atoms with Gasteiger partial charge in [-0.2, -0.15) is 13.2 Å². The molecule has 3 aromatic rings. The fourth-order valence-corrected chi connectivity index (χ4v) is 2.86. The maximum absolute atomic E-state index is 13.2. The molecule has 3 rings (SSSR count). The van der Waals surface area contributed by atoms with Gasteiger partial charge in [0.05, 0.1) is 12.2 Å². The molecular weight excluding hydrogens is 404 g/mol. The Morgan fingerprint density at radius 2 is 1.73 bits per heavy atom. The van der Waals surface area contributed by atoms with E-state index in [2.05, 4.69) is 5.32 Å². The van der Waals surface area contributed by atoms with Gasteiger partial charge in [-0.05, 0) is 47.5 Å². The highest BCUT2D eigenvalue weighted by molar-refractivity contribution is 6.08. The van der Waals surface area contributed by atoms with Crippen molar-refractivity contribution in [3.05, 3.63) is 88.1 Å². The molecule has 0 atom stereocenters. The van der Waals surface area contributed by atoms with E-state index in [-0.39, 0.29) is 35.5 Å². The third-order valence-electron chi connectivity index (χ3n) is 4.34. The lowest BCUT2D eigenvalue weighted by molar-refractivity contribution is -0.137. The van der Waals surface area contributed by atoms with E-state index < -0.39 is 29.0 Å². The number of benzene rings is 2. The molecule has 0 spiro atoms. The summed E-state index contributed by atoms with van der Waals surface area (Å²) in [7, 11) is 0. The Kier molecular flexibility index (Phi) is 6.02. The highest BCUT2D eigenvalue weighted by Crippen LogP contribution is 2.34. The summed E-state index contributed by atoms with van der Waals surface area (Å²) >= 11 is 0. The van der Waals surface area contributed by atoms with Gasteiger partial charge in [-0.15, -0.1) is 0 Å². The van der Waals surface area contributed by atoms with Crippen molar-refractivity contribution in [1.29, 1.82) is 0 Å². The van der Waals surface area contributed by atoms with Crippen molar-refractivity contribution in [3.8, 4) is 11.1 Å². The van der Waals surface area contributed by atoms with Crippen LogP contribution >= 0.6 is 0 Å². The predicted octanol–water partition coefficient (Wildman–Crippen LogP) is 3.92. The number of halogens is 4. The van der Waals surface area contributed by atoms with Gasteiger partial charge in [0.15, 0.2) is 0 Å². The van der Waals surface area contributed by atoms with E-state index in [4.69, 9.17) is 5.11 Å². The number of alkyl halides is 3. The maximum Gasteiger partial charge on any atom is 0.416 e. The van der Waals surface area contributed by atoms with Gasteiger partial charge in [0.1, 0.15) is 5.82 Å². The molecule has 2 aromatic carbocycles. The molecule has 0 saturated heterocycles. The Morgan fingerprint density at radius 1 is 1.03 bits per heavy atom. The fourth-order valence-electron chi connectivity index (χ4n) is 2.86. The topological polar surface area (TPSA) is 71.3 Å². The Morgan fingerprint density at radius 3 is 2.33 bits per heavy atom. The molecule has 5 nitrogen and oxygen atoms in total. The second kappa shape index (κ2) is 8.50. The largest absolute Gasteiger partial charge is 0.416 e. The number of carbonyl (C=O) groups excluding carboxylic acids is 1. The number of nitrogens with one attached hydrogen (secondary N) is 1. The van der Waals surface area contributed by atoms with Gasteiger partial charge in [0.2, 0.25) is 0 Å². The summed E-state index contributed by atoms with van der Waals surface area (Å²) in [4.78, 5) is 24.7. The minimum atomic E-state index is -4.62. The van der Waals surface area contributed by atoms with Gasteiger partial charge in [0.25, 0.3) is 11.5 Å². The van der Waals surface area contributed by atoms with Crippen molar-refractivity contribution in [2.75, 3.05) is 11.9 Å². The lowest BCUT2D eigenvalue weighted by Crippen LogP contribution is -2.22. The number of aliphatic hydroxyl groups is 1. The summed E-state index contributed by atoms with van der Waals surface area (Å²) < 4.78 is 53.9. The first-order valence-corrected chi connectivity index (χ1v) is 8.79. The smallest absolute Gasteiger partial charge is 0.395 e. The number of carbonyl (C=O) groups is 1. The molecular formula is C21H16F4N2O3. The van der Waals surface area contributed by atoms with Crippen molar-refractivity contribution in [1.82, 2.24) is 4.57 Å².